The molecular weight excluding hydrogens is 1350 g/mol. The van der Waals surface area contributed by atoms with Crippen LogP contribution >= 0.6 is 0 Å². The second-order valence-corrected chi connectivity index (χ2v) is 27.1. The number of aliphatic carboxylic acids is 5. The first-order chi connectivity index (χ1) is 49.8. The minimum Gasteiger partial charge on any atom is -0.481 e. The molecule has 2 aromatic carbocycles. The number of hydrogen-bond acceptors (Lipinski definition) is 20. The molecule has 2 fully saturated rings. The first kappa shape index (κ1) is 81.2. The van der Waals surface area contributed by atoms with Gasteiger partial charge in [0.05, 0.1) is 63.2 Å². The van der Waals surface area contributed by atoms with E-state index in [-0.39, 0.29) is 114 Å². The van der Waals surface area contributed by atoms with Crippen LogP contribution in [0.15, 0.2) is 80.0 Å². The van der Waals surface area contributed by atoms with Crippen molar-refractivity contribution in [1.29, 1.82) is 0 Å². The fourth-order valence-electron chi connectivity index (χ4n) is 13.2. The van der Waals surface area contributed by atoms with Crippen molar-refractivity contribution in [3.63, 3.8) is 0 Å². The second kappa shape index (κ2) is 41.8. The fourth-order valence-corrected chi connectivity index (χ4v) is 13.2. The molecule has 13 N–H and O–H groups in total. The van der Waals surface area contributed by atoms with Crippen LogP contribution in [0.5, 0.6) is 0 Å². The van der Waals surface area contributed by atoms with Gasteiger partial charge in [-0.3, -0.25) is 67.5 Å². The SMILES string of the molecule is CC(=O)CN1CCN(CC(=O)O)CCN(CC(=O)CCC2CCC(C(=O)N[C@@H](Cc3cnc[nH]3)C(=O)C[C@@H](Cc3cnc[nH]3)C(=O)N[C@@H](Cc3cnc[nH]3)C(=O)C[C@@H](Cc3ccc4ccccc4c3)C(=O)NCCCC[C@H](NC(=O)N[C@@H](CCC(=O)O)C(=O)O)C(=O)O)CC2)CCN(CC(=O)O)CC1. The summed E-state index contributed by atoms with van der Waals surface area (Å²) >= 11 is 0. The van der Waals surface area contributed by atoms with Crippen LogP contribution in [0.2, 0.25) is 0 Å². The summed E-state index contributed by atoms with van der Waals surface area (Å²) in [6, 6.07) is 6.62. The van der Waals surface area contributed by atoms with Gasteiger partial charge < -0.3 is 67.1 Å². The Morgan fingerprint density at radius 2 is 0.990 bits per heavy atom. The smallest absolute Gasteiger partial charge is 0.326 e. The van der Waals surface area contributed by atoms with E-state index in [1.807, 2.05) is 52.3 Å². The summed E-state index contributed by atoms with van der Waals surface area (Å²) in [6.07, 6.45) is 10.2. The number of carboxylic acids is 5. The Morgan fingerprint density at radius 3 is 1.49 bits per heavy atom. The van der Waals surface area contributed by atoms with Crippen LogP contribution in [0.3, 0.4) is 0 Å². The molecule has 33 heteroatoms. The van der Waals surface area contributed by atoms with Gasteiger partial charge in [0, 0.05) is 151 Å². The van der Waals surface area contributed by atoms with E-state index in [4.69, 9.17) is 5.11 Å². The predicted molar refractivity (Wildman–Crippen MR) is 374 cm³/mol. The molecule has 0 unspecified atom stereocenters. The Hall–Kier alpha value is -10.1. The molecule has 2 aliphatic rings. The van der Waals surface area contributed by atoms with Crippen LogP contribution in [0.25, 0.3) is 10.8 Å². The number of nitrogens with zero attached hydrogens (tertiary/aromatic N) is 7. The van der Waals surface area contributed by atoms with Gasteiger partial charge in [0.25, 0.3) is 0 Å². The largest absolute Gasteiger partial charge is 0.481 e. The van der Waals surface area contributed by atoms with Crippen molar-refractivity contribution in [1.82, 2.24) is 76.1 Å². The van der Waals surface area contributed by atoms with E-state index in [0.29, 0.717) is 102 Å². The fraction of sp³-hybridized carbons (Fsp3) is 0.549. The van der Waals surface area contributed by atoms with Crippen LogP contribution in [0, 0.1) is 23.7 Å². The summed E-state index contributed by atoms with van der Waals surface area (Å²) in [5.74, 6) is -11.4. The quantitative estimate of drug-likeness (QED) is 0.0248. The number of rotatable bonds is 42. The molecular formula is C71H97N15O18. The number of hydrogen-bond donors (Lipinski definition) is 13. The molecule has 5 amide bonds. The highest BCUT2D eigenvalue weighted by atomic mass is 16.4. The number of aromatic amines is 3. The van der Waals surface area contributed by atoms with Crippen molar-refractivity contribution < 1.29 is 87.9 Å². The van der Waals surface area contributed by atoms with Crippen LogP contribution in [0.1, 0.15) is 113 Å². The van der Waals surface area contributed by atoms with E-state index in [1.54, 1.807) is 9.80 Å². The highest BCUT2D eigenvalue weighted by molar-refractivity contribution is 5.96. The minimum atomic E-state index is -1.60. The molecule has 0 spiro atoms. The number of Topliss-reactive ketones (excluding diaryl/α,β-unsaturated/α-hetero) is 4. The molecule has 1 saturated heterocycles. The molecule has 5 aromatic rings. The summed E-state index contributed by atoms with van der Waals surface area (Å²) in [5.41, 5.74) is 2.22. The van der Waals surface area contributed by atoms with Gasteiger partial charge in [-0.25, -0.2) is 29.3 Å². The molecule has 0 bridgehead atoms. The van der Waals surface area contributed by atoms with Crippen molar-refractivity contribution >= 4 is 87.5 Å². The number of H-pyrrole nitrogens is 3. The number of carbonyl (C=O) groups excluding carboxylic acids is 8. The van der Waals surface area contributed by atoms with Crippen molar-refractivity contribution in [3.8, 4) is 0 Å². The number of urea groups is 1. The average Bonchev–Trinajstić information content (AvgIpc) is 1.14. The van der Waals surface area contributed by atoms with E-state index in [1.165, 1.54) is 44.5 Å². The number of carbonyl (C=O) groups is 13. The number of nitrogens with one attached hydrogen (secondary N) is 8. The van der Waals surface area contributed by atoms with E-state index >= 15 is 0 Å². The van der Waals surface area contributed by atoms with Crippen molar-refractivity contribution in [2.45, 2.75) is 140 Å². The number of benzene rings is 2. The summed E-state index contributed by atoms with van der Waals surface area (Å²) in [6.45, 7) is 4.13. The maximum absolute atomic E-state index is 14.9. The highest BCUT2D eigenvalue weighted by Gasteiger charge is 2.36. The standard InChI is InChI=1S/C71H97N15O18/c1-45(87)38-83-20-24-85(40-64(93)94)26-22-84(23-27-86(25-21-83)41-65(95)96)39-56(88)16-12-46-9-14-49(15-10-46)67(98)79-59(33-54-36-73-43-77-54)62(90)32-52(30-53-35-72-42-76-53)68(99)80-60(34-55-37-74-44-78-55)61(89)31-51(29-47-11-13-48-6-2-3-7-50(48)28-47)66(97)75-19-5-4-8-57(69(100)101)81-71(104)82-58(70(102)103)17-18-63(91)92/h2-3,6-7,11,13,28,35-37,42-44,46,49,51-52,57-60H,4-5,8-10,12,14-27,29-34,38-41H2,1H3,(H,72,76)(H,73,77)(H,74,78)(H,75,97)(H,79,98)(H,80,99)(H,91,92)(H,93,94)(H,95,96)(H,100,101)(H,102,103)(H2,81,82,104)/t46?,49?,51-,52-,57+,58+,59+,60+/m1/s1. The van der Waals surface area contributed by atoms with Gasteiger partial charge in [-0.15, -0.1) is 0 Å². The zero-order valence-electron chi connectivity index (χ0n) is 58.5. The Bertz CT molecular complexity index is 3650. The third-order valence-electron chi connectivity index (χ3n) is 18.9. The van der Waals surface area contributed by atoms with Crippen LogP contribution in [-0.2, 0) is 83.2 Å². The first-order valence-electron chi connectivity index (χ1n) is 35.2. The van der Waals surface area contributed by atoms with Gasteiger partial charge in [0.1, 0.15) is 23.7 Å². The Morgan fingerprint density at radius 1 is 0.500 bits per heavy atom. The maximum Gasteiger partial charge on any atom is 0.326 e. The van der Waals surface area contributed by atoms with Crippen LogP contribution in [0.4, 0.5) is 4.79 Å². The van der Waals surface area contributed by atoms with Crippen LogP contribution < -0.4 is 26.6 Å². The monoisotopic (exact) mass is 1450 g/mol. The van der Waals surface area contributed by atoms with Crippen LogP contribution in [-0.4, -0.2) is 261 Å². The first-order valence-corrected chi connectivity index (χ1v) is 35.2. The number of aromatic nitrogens is 6. The molecule has 3 aromatic heterocycles. The maximum atomic E-state index is 14.9. The predicted octanol–water partition coefficient (Wildman–Crippen LogP) is 1.89. The number of carboxylic acid groups (broad SMARTS) is 5. The lowest BCUT2D eigenvalue weighted by Gasteiger charge is -2.33. The number of ketones is 4. The molecule has 4 heterocycles. The van der Waals surface area contributed by atoms with Gasteiger partial charge in [-0.05, 0) is 93.4 Å². The average molecular weight is 1450 g/mol. The van der Waals surface area contributed by atoms with Gasteiger partial charge >= 0.3 is 35.9 Å². The topological polar surface area (TPSA) is 482 Å². The second-order valence-electron chi connectivity index (χ2n) is 27.1. The number of fused-ring (bicyclic) bond motifs is 1. The van der Waals surface area contributed by atoms with E-state index in [9.17, 15) is 82.8 Å². The van der Waals surface area contributed by atoms with E-state index < -0.39 is 120 Å². The molecule has 6 atom stereocenters. The van der Waals surface area contributed by atoms with Crippen molar-refractivity contribution in [2.24, 2.45) is 23.7 Å². The molecule has 104 heavy (non-hydrogen) atoms. The minimum absolute atomic E-state index is 0.00206. The zero-order chi connectivity index (χ0) is 75.1. The normalized spacial score (nSPS) is 17.6. The van der Waals surface area contributed by atoms with E-state index in [0.717, 1.165) is 16.3 Å². The molecule has 564 valence electrons. The van der Waals surface area contributed by atoms with Crippen molar-refractivity contribution in [3.05, 3.63) is 103 Å². The zero-order valence-corrected chi connectivity index (χ0v) is 58.5. The number of amides is 5. The van der Waals surface area contributed by atoms with Gasteiger partial charge in [-0.1, -0.05) is 42.5 Å². The lowest BCUT2D eigenvalue weighted by Crippen LogP contribution is -2.51. The number of imidazole rings is 3. The summed E-state index contributed by atoms with van der Waals surface area (Å²) < 4.78 is 0. The highest BCUT2D eigenvalue weighted by Crippen LogP contribution is 2.32. The summed E-state index contributed by atoms with van der Waals surface area (Å²) in [7, 11) is 0. The Balaban J connectivity index is 0.986. The molecule has 1 saturated carbocycles. The van der Waals surface area contributed by atoms with Crippen molar-refractivity contribution in [2.75, 3.05) is 85.1 Å². The van der Waals surface area contributed by atoms with Gasteiger partial charge in [0.15, 0.2) is 11.6 Å². The summed E-state index contributed by atoms with van der Waals surface area (Å²) in [4.78, 5) is 199. The van der Waals surface area contributed by atoms with Gasteiger partial charge in [-0.2, -0.15) is 0 Å². The lowest BCUT2D eigenvalue weighted by atomic mass is 9.79. The van der Waals surface area contributed by atoms with Gasteiger partial charge in [0.2, 0.25) is 17.7 Å². The number of unbranched alkanes of at least 4 members (excludes halogenated alkanes) is 1. The molecule has 1 aliphatic carbocycles. The third kappa shape index (κ3) is 28.6. The van der Waals surface area contributed by atoms with E-state index in [2.05, 4.69) is 56.5 Å². The molecule has 1 aliphatic heterocycles. The third-order valence-corrected chi connectivity index (χ3v) is 18.9. The summed E-state index contributed by atoms with van der Waals surface area (Å²) in [5, 5.41) is 62.6. The molecule has 33 nitrogen and oxygen atoms in total. The molecule has 7 rings (SSSR count). The molecule has 0 radical (unpaired) electrons. The lowest BCUT2D eigenvalue weighted by molar-refractivity contribution is -0.141. The Kier molecular flexibility index (Phi) is 32.7. The Labute approximate surface area is 600 Å².